The summed E-state index contributed by atoms with van der Waals surface area (Å²) in [5.41, 5.74) is 4.18. The summed E-state index contributed by atoms with van der Waals surface area (Å²) in [7, 11) is 1.68. The van der Waals surface area contributed by atoms with E-state index in [-0.39, 0.29) is 0 Å². The monoisotopic (exact) mass is 428 g/mol. The molecule has 5 aromatic rings. The van der Waals surface area contributed by atoms with E-state index in [1.165, 1.54) is 0 Å². The summed E-state index contributed by atoms with van der Waals surface area (Å²) in [6.07, 6.45) is 0. The van der Waals surface area contributed by atoms with Gasteiger partial charge in [-0.25, -0.2) is 4.68 Å². The molecule has 4 aromatic carbocycles. The Hall–Kier alpha value is -3.11. The highest BCUT2D eigenvalue weighted by atomic mass is 79.9. The first kappa shape index (κ1) is 17.0. The summed E-state index contributed by atoms with van der Waals surface area (Å²) in [6, 6.07) is 28.9. The predicted octanol–water partition coefficient (Wildman–Crippen LogP) is 6.62. The van der Waals surface area contributed by atoms with Crippen molar-refractivity contribution in [3.05, 3.63) is 89.4 Å². The van der Waals surface area contributed by atoms with Gasteiger partial charge in [0.25, 0.3) is 0 Å². The number of hydrogen-bond donors (Lipinski definition) is 0. The van der Waals surface area contributed by atoms with E-state index in [1.807, 2.05) is 35.0 Å². The molecule has 0 aliphatic carbocycles. The Morgan fingerprint density at radius 1 is 0.786 bits per heavy atom. The Balaban J connectivity index is 1.90. The van der Waals surface area contributed by atoms with Crippen molar-refractivity contribution in [1.82, 2.24) is 9.78 Å². The second-order valence-corrected chi connectivity index (χ2v) is 7.48. The van der Waals surface area contributed by atoms with E-state index in [4.69, 9.17) is 9.84 Å². The van der Waals surface area contributed by atoms with Crippen molar-refractivity contribution in [2.75, 3.05) is 7.11 Å². The molecule has 0 spiro atoms. The zero-order chi connectivity index (χ0) is 19.1. The molecule has 136 valence electrons. The van der Waals surface area contributed by atoms with E-state index in [0.29, 0.717) is 0 Å². The van der Waals surface area contributed by atoms with E-state index in [9.17, 15) is 0 Å². The van der Waals surface area contributed by atoms with Gasteiger partial charge in [-0.05, 0) is 47.9 Å². The molecule has 0 radical (unpaired) electrons. The predicted molar refractivity (Wildman–Crippen MR) is 118 cm³/mol. The Morgan fingerprint density at radius 3 is 2.18 bits per heavy atom. The number of halogens is 1. The van der Waals surface area contributed by atoms with Crippen LogP contribution in [0.25, 0.3) is 38.6 Å². The third kappa shape index (κ3) is 2.69. The van der Waals surface area contributed by atoms with Crippen LogP contribution >= 0.6 is 15.9 Å². The highest BCUT2D eigenvalue weighted by Crippen LogP contribution is 2.38. The summed E-state index contributed by atoms with van der Waals surface area (Å²) in [5.74, 6) is 0.838. The minimum absolute atomic E-state index is 0.838. The second-order valence-electron chi connectivity index (χ2n) is 6.62. The van der Waals surface area contributed by atoms with Crippen LogP contribution in [0, 0.1) is 0 Å². The summed E-state index contributed by atoms with van der Waals surface area (Å²) in [6.45, 7) is 0. The molecular formula is C24H17BrN2O. The maximum atomic E-state index is 5.34. The molecule has 0 unspecified atom stereocenters. The molecule has 4 heteroatoms. The lowest BCUT2D eigenvalue weighted by Gasteiger charge is -2.09. The zero-order valence-corrected chi connectivity index (χ0v) is 16.8. The maximum absolute atomic E-state index is 5.34. The lowest BCUT2D eigenvalue weighted by molar-refractivity contribution is 0.415. The van der Waals surface area contributed by atoms with E-state index in [1.54, 1.807) is 7.11 Å². The van der Waals surface area contributed by atoms with Crippen molar-refractivity contribution in [2.45, 2.75) is 0 Å². The van der Waals surface area contributed by atoms with Gasteiger partial charge < -0.3 is 4.74 Å². The quantitative estimate of drug-likeness (QED) is 0.322. The molecule has 1 aromatic heterocycles. The smallest absolute Gasteiger partial charge is 0.118 e. The van der Waals surface area contributed by atoms with Crippen LogP contribution in [-0.2, 0) is 0 Å². The fourth-order valence-corrected chi connectivity index (χ4v) is 4.23. The number of rotatable bonds is 3. The Morgan fingerprint density at radius 2 is 1.46 bits per heavy atom. The SMILES string of the molecule is COc1ccc(-c2c3cc(Br)c4ccccc4c3nn2-c2ccccc2)cc1. The number of aromatic nitrogens is 2. The molecule has 0 bridgehead atoms. The molecule has 0 N–H and O–H groups in total. The van der Waals surface area contributed by atoms with Gasteiger partial charge in [-0.15, -0.1) is 0 Å². The van der Waals surface area contributed by atoms with Gasteiger partial charge in [-0.2, -0.15) is 5.10 Å². The van der Waals surface area contributed by atoms with Crippen LogP contribution in [-0.4, -0.2) is 16.9 Å². The molecule has 3 nitrogen and oxygen atoms in total. The summed E-state index contributed by atoms with van der Waals surface area (Å²) < 4.78 is 8.44. The highest BCUT2D eigenvalue weighted by Gasteiger charge is 2.18. The number of methoxy groups -OCH3 is 1. The van der Waals surface area contributed by atoms with E-state index in [2.05, 4.69) is 70.5 Å². The minimum atomic E-state index is 0.838. The van der Waals surface area contributed by atoms with Gasteiger partial charge in [0.2, 0.25) is 0 Å². The maximum Gasteiger partial charge on any atom is 0.118 e. The van der Waals surface area contributed by atoms with Gasteiger partial charge in [0.1, 0.15) is 11.3 Å². The molecular weight excluding hydrogens is 412 g/mol. The first-order valence-electron chi connectivity index (χ1n) is 9.06. The third-order valence-corrected chi connectivity index (χ3v) is 5.65. The van der Waals surface area contributed by atoms with Crippen molar-refractivity contribution in [1.29, 1.82) is 0 Å². The summed E-state index contributed by atoms with van der Waals surface area (Å²) in [4.78, 5) is 0. The normalized spacial score (nSPS) is 11.2. The van der Waals surface area contributed by atoms with Crippen molar-refractivity contribution in [2.24, 2.45) is 0 Å². The van der Waals surface area contributed by atoms with Gasteiger partial charge >= 0.3 is 0 Å². The molecule has 0 saturated carbocycles. The first-order valence-corrected chi connectivity index (χ1v) is 9.85. The van der Waals surface area contributed by atoms with E-state index >= 15 is 0 Å². The van der Waals surface area contributed by atoms with Crippen LogP contribution in [0.15, 0.2) is 89.4 Å². The first-order chi connectivity index (χ1) is 13.8. The average Bonchev–Trinajstić information content (AvgIpc) is 3.14. The van der Waals surface area contributed by atoms with Crippen molar-refractivity contribution in [3.8, 4) is 22.7 Å². The van der Waals surface area contributed by atoms with E-state index < -0.39 is 0 Å². The number of benzene rings is 4. The number of ether oxygens (including phenoxy) is 1. The molecule has 0 amide bonds. The van der Waals surface area contributed by atoms with Crippen LogP contribution in [0.1, 0.15) is 0 Å². The number of fused-ring (bicyclic) bond motifs is 3. The van der Waals surface area contributed by atoms with Crippen LogP contribution in [0.5, 0.6) is 5.75 Å². The fraction of sp³-hybridized carbons (Fsp3) is 0.0417. The minimum Gasteiger partial charge on any atom is -0.497 e. The number of hydrogen-bond acceptors (Lipinski definition) is 2. The van der Waals surface area contributed by atoms with Crippen molar-refractivity contribution >= 4 is 37.6 Å². The van der Waals surface area contributed by atoms with E-state index in [0.717, 1.165) is 48.8 Å². The van der Waals surface area contributed by atoms with Gasteiger partial charge in [-0.1, -0.05) is 58.4 Å². The molecule has 1 heterocycles. The molecule has 0 fully saturated rings. The lowest BCUT2D eigenvalue weighted by Crippen LogP contribution is -1.98. The second kappa shape index (κ2) is 6.80. The molecule has 28 heavy (non-hydrogen) atoms. The van der Waals surface area contributed by atoms with Gasteiger partial charge in [0, 0.05) is 20.8 Å². The molecule has 0 atom stereocenters. The van der Waals surface area contributed by atoms with Crippen molar-refractivity contribution < 1.29 is 4.74 Å². The zero-order valence-electron chi connectivity index (χ0n) is 15.3. The summed E-state index contributed by atoms with van der Waals surface area (Å²) in [5, 5.41) is 8.44. The van der Waals surface area contributed by atoms with Crippen LogP contribution in [0.4, 0.5) is 0 Å². The fourth-order valence-electron chi connectivity index (χ4n) is 3.65. The van der Waals surface area contributed by atoms with Crippen LogP contribution < -0.4 is 4.74 Å². The largest absolute Gasteiger partial charge is 0.497 e. The Labute approximate surface area is 171 Å². The Kier molecular flexibility index (Phi) is 4.14. The molecule has 0 saturated heterocycles. The van der Waals surface area contributed by atoms with Crippen LogP contribution in [0.2, 0.25) is 0 Å². The standard InChI is InChI=1S/C24H17BrN2O/c1-28-18-13-11-16(12-14-18)24-21-15-22(25)19-9-5-6-10-20(19)23(21)26-27(24)17-7-3-2-4-8-17/h2-15H,1H3. The van der Waals surface area contributed by atoms with Gasteiger partial charge in [0.15, 0.2) is 0 Å². The lowest BCUT2D eigenvalue weighted by atomic mass is 10.0. The molecule has 0 aliphatic heterocycles. The molecule has 5 rings (SSSR count). The highest BCUT2D eigenvalue weighted by molar-refractivity contribution is 9.10. The third-order valence-electron chi connectivity index (χ3n) is 5.00. The number of para-hydroxylation sites is 1. The Bertz CT molecular complexity index is 1290. The van der Waals surface area contributed by atoms with Gasteiger partial charge in [0.05, 0.1) is 18.5 Å². The van der Waals surface area contributed by atoms with Gasteiger partial charge in [-0.3, -0.25) is 0 Å². The summed E-state index contributed by atoms with van der Waals surface area (Å²) >= 11 is 3.76. The average molecular weight is 429 g/mol. The topological polar surface area (TPSA) is 27.1 Å². The van der Waals surface area contributed by atoms with Crippen LogP contribution in [0.3, 0.4) is 0 Å². The number of nitrogens with zero attached hydrogens (tertiary/aromatic N) is 2. The molecule has 0 aliphatic rings. The van der Waals surface area contributed by atoms with Crippen molar-refractivity contribution in [3.63, 3.8) is 0 Å².